The highest BCUT2D eigenvalue weighted by Gasteiger charge is 2.33. The van der Waals surface area contributed by atoms with E-state index in [-0.39, 0.29) is 18.3 Å². The van der Waals surface area contributed by atoms with E-state index in [0.29, 0.717) is 12.1 Å². The smallest absolute Gasteiger partial charge is 0.217 e. The van der Waals surface area contributed by atoms with Gasteiger partial charge in [0.15, 0.2) is 0 Å². The second-order valence-corrected chi connectivity index (χ2v) is 5.42. The van der Waals surface area contributed by atoms with Gasteiger partial charge in [-0.05, 0) is 30.4 Å². The van der Waals surface area contributed by atoms with Crippen molar-refractivity contribution < 1.29 is 4.79 Å². The van der Waals surface area contributed by atoms with Crippen LogP contribution in [-0.4, -0.2) is 29.9 Å². The van der Waals surface area contributed by atoms with Crippen LogP contribution in [0.25, 0.3) is 0 Å². The molecule has 0 radical (unpaired) electrons. The molecular weight excluding hydrogens is 260 g/mol. The number of fused-ring (bicyclic) bond motifs is 3. The molecule has 2 heterocycles. The van der Waals surface area contributed by atoms with Crippen LogP contribution in [0.1, 0.15) is 36.9 Å². The average Bonchev–Trinajstić information content (AvgIpc) is 2.38. The van der Waals surface area contributed by atoms with Crippen molar-refractivity contribution in [3.8, 4) is 0 Å². The van der Waals surface area contributed by atoms with Crippen LogP contribution in [0.15, 0.2) is 24.3 Å². The quantitative estimate of drug-likeness (QED) is 0.856. The summed E-state index contributed by atoms with van der Waals surface area (Å²) in [5.74, 6) is 0.0949. The minimum absolute atomic E-state index is 0. The van der Waals surface area contributed by atoms with Gasteiger partial charge in [-0.2, -0.15) is 0 Å². The van der Waals surface area contributed by atoms with E-state index >= 15 is 0 Å². The Labute approximate surface area is 120 Å². The lowest BCUT2D eigenvalue weighted by Gasteiger charge is -2.43. The Morgan fingerprint density at radius 3 is 2.89 bits per heavy atom. The first-order valence-electron chi connectivity index (χ1n) is 6.83. The first kappa shape index (κ1) is 14.4. The summed E-state index contributed by atoms with van der Waals surface area (Å²) in [4.78, 5) is 13.8. The molecule has 1 amide bonds. The van der Waals surface area contributed by atoms with Crippen molar-refractivity contribution >= 4 is 18.3 Å². The van der Waals surface area contributed by atoms with Crippen LogP contribution in [0, 0.1) is 0 Å². The molecule has 2 aliphatic rings. The number of hydrogen-bond donors (Lipinski definition) is 1. The van der Waals surface area contributed by atoms with Crippen LogP contribution < -0.4 is 5.32 Å². The number of carbonyl (C=O) groups excluding carboxylic acids is 1. The first-order valence-corrected chi connectivity index (χ1v) is 6.83. The van der Waals surface area contributed by atoms with Gasteiger partial charge in [-0.1, -0.05) is 24.3 Å². The molecule has 1 N–H and O–H groups in total. The average molecular weight is 281 g/mol. The monoisotopic (exact) mass is 280 g/mol. The van der Waals surface area contributed by atoms with Gasteiger partial charge in [-0.15, -0.1) is 12.4 Å². The summed E-state index contributed by atoms with van der Waals surface area (Å²) >= 11 is 0. The maximum Gasteiger partial charge on any atom is 0.217 e. The van der Waals surface area contributed by atoms with Gasteiger partial charge in [-0.25, -0.2) is 0 Å². The van der Waals surface area contributed by atoms with Crippen LogP contribution in [0.5, 0.6) is 0 Å². The summed E-state index contributed by atoms with van der Waals surface area (Å²) < 4.78 is 0. The normalized spacial score (nSPS) is 25.7. The molecule has 2 unspecified atom stereocenters. The lowest BCUT2D eigenvalue weighted by molar-refractivity contribution is -0.120. The Hall–Kier alpha value is -1.06. The summed E-state index contributed by atoms with van der Waals surface area (Å²) in [6, 6.07) is 9.60. The van der Waals surface area contributed by atoms with Gasteiger partial charge in [0.25, 0.3) is 0 Å². The Morgan fingerprint density at radius 1 is 1.32 bits per heavy atom. The van der Waals surface area contributed by atoms with Crippen LogP contribution in [0.4, 0.5) is 0 Å². The molecule has 0 aliphatic carbocycles. The van der Waals surface area contributed by atoms with Crippen LogP contribution in [0.2, 0.25) is 0 Å². The zero-order chi connectivity index (χ0) is 12.5. The van der Waals surface area contributed by atoms with Gasteiger partial charge in [-0.3, -0.25) is 9.69 Å². The van der Waals surface area contributed by atoms with E-state index in [2.05, 4.69) is 34.5 Å². The number of hydrogen-bond acceptors (Lipinski definition) is 2. The van der Waals surface area contributed by atoms with Crippen molar-refractivity contribution in [2.24, 2.45) is 0 Å². The fourth-order valence-corrected chi connectivity index (χ4v) is 3.37. The Kier molecular flexibility index (Phi) is 4.48. The van der Waals surface area contributed by atoms with E-state index in [9.17, 15) is 4.79 Å². The third-order valence-electron chi connectivity index (χ3n) is 4.20. The largest absolute Gasteiger partial charge is 0.353 e. The molecule has 2 aliphatic heterocycles. The number of rotatable bonds is 1. The van der Waals surface area contributed by atoms with Crippen LogP contribution in [-0.2, 0) is 11.2 Å². The Morgan fingerprint density at radius 2 is 2.11 bits per heavy atom. The van der Waals surface area contributed by atoms with Gasteiger partial charge in [0, 0.05) is 32.1 Å². The first-order chi connectivity index (χ1) is 8.74. The van der Waals surface area contributed by atoms with Gasteiger partial charge < -0.3 is 5.32 Å². The van der Waals surface area contributed by atoms with Crippen molar-refractivity contribution in [3.63, 3.8) is 0 Å². The molecule has 1 aromatic carbocycles. The summed E-state index contributed by atoms with van der Waals surface area (Å²) in [5, 5.41) is 3.08. The van der Waals surface area contributed by atoms with Gasteiger partial charge in [0.1, 0.15) is 0 Å². The second-order valence-electron chi connectivity index (χ2n) is 5.42. The minimum Gasteiger partial charge on any atom is -0.353 e. The lowest BCUT2D eigenvalue weighted by Crippen LogP contribution is -2.47. The molecule has 2 atom stereocenters. The molecule has 0 bridgehead atoms. The number of piperidine rings is 1. The van der Waals surface area contributed by atoms with Crippen molar-refractivity contribution in [2.75, 3.05) is 13.1 Å². The summed E-state index contributed by atoms with van der Waals surface area (Å²) in [6.07, 6.45) is 3.30. The second kappa shape index (κ2) is 5.93. The minimum atomic E-state index is 0. The molecule has 3 nitrogen and oxygen atoms in total. The number of nitrogens with zero attached hydrogens (tertiary/aromatic N) is 1. The van der Waals surface area contributed by atoms with Crippen molar-refractivity contribution in [3.05, 3.63) is 35.4 Å². The molecule has 4 heteroatoms. The van der Waals surface area contributed by atoms with Crippen LogP contribution in [0.3, 0.4) is 0 Å². The van der Waals surface area contributed by atoms with Gasteiger partial charge in [0.2, 0.25) is 5.91 Å². The number of carbonyl (C=O) groups is 1. The molecule has 1 saturated heterocycles. The van der Waals surface area contributed by atoms with Crippen molar-refractivity contribution in [1.29, 1.82) is 0 Å². The maximum atomic E-state index is 11.2. The van der Waals surface area contributed by atoms with Gasteiger partial charge in [0.05, 0.1) is 0 Å². The van der Waals surface area contributed by atoms with E-state index in [0.717, 1.165) is 32.4 Å². The third-order valence-corrected chi connectivity index (χ3v) is 4.20. The molecule has 19 heavy (non-hydrogen) atoms. The fraction of sp³-hybridized carbons (Fsp3) is 0.533. The summed E-state index contributed by atoms with van der Waals surface area (Å²) in [5.41, 5.74) is 2.96. The standard InChI is InChI=1S/C15H20N2O.ClH/c1-11(18)16-13-7-9-17-8-6-12-4-2-3-5-14(12)15(17)10-13;/h2-5,13,15H,6-10H2,1H3,(H,16,18);1H. The number of halogens is 1. The summed E-state index contributed by atoms with van der Waals surface area (Å²) in [6.45, 7) is 3.87. The zero-order valence-corrected chi connectivity index (χ0v) is 12.1. The van der Waals surface area contributed by atoms with Crippen molar-refractivity contribution in [1.82, 2.24) is 10.2 Å². The Balaban J connectivity index is 0.00000133. The predicted molar refractivity (Wildman–Crippen MR) is 78.5 cm³/mol. The molecule has 0 saturated carbocycles. The van der Waals surface area contributed by atoms with E-state index in [4.69, 9.17) is 0 Å². The van der Waals surface area contributed by atoms with E-state index in [1.54, 1.807) is 6.92 Å². The zero-order valence-electron chi connectivity index (χ0n) is 11.3. The molecule has 0 spiro atoms. The molecule has 104 valence electrons. The van der Waals surface area contributed by atoms with Gasteiger partial charge >= 0.3 is 0 Å². The van der Waals surface area contributed by atoms with E-state index < -0.39 is 0 Å². The number of nitrogens with one attached hydrogen (secondary N) is 1. The third kappa shape index (κ3) is 2.93. The maximum absolute atomic E-state index is 11.2. The highest BCUT2D eigenvalue weighted by Crippen LogP contribution is 2.36. The number of amides is 1. The highest BCUT2D eigenvalue weighted by molar-refractivity contribution is 5.85. The fourth-order valence-electron chi connectivity index (χ4n) is 3.37. The van der Waals surface area contributed by atoms with Crippen molar-refractivity contribution in [2.45, 2.75) is 38.3 Å². The molecule has 1 aromatic rings. The summed E-state index contributed by atoms with van der Waals surface area (Å²) in [7, 11) is 0. The van der Waals surface area contributed by atoms with Crippen LogP contribution >= 0.6 is 12.4 Å². The highest BCUT2D eigenvalue weighted by atomic mass is 35.5. The lowest BCUT2D eigenvalue weighted by atomic mass is 9.85. The number of benzene rings is 1. The Bertz CT molecular complexity index is 463. The SMILES string of the molecule is CC(=O)NC1CCN2CCc3ccccc3C2C1.Cl. The van der Waals surface area contributed by atoms with E-state index in [1.807, 2.05) is 0 Å². The predicted octanol–water partition coefficient (Wildman–Crippen LogP) is 2.31. The van der Waals surface area contributed by atoms with E-state index in [1.165, 1.54) is 11.1 Å². The molecule has 1 fully saturated rings. The molecule has 0 aromatic heterocycles. The molecular formula is C15H21ClN2O. The molecule has 3 rings (SSSR count). The topological polar surface area (TPSA) is 32.3 Å².